The van der Waals surface area contributed by atoms with Crippen molar-refractivity contribution in [1.29, 1.82) is 0 Å². The molecule has 0 aromatic heterocycles. The first-order valence-corrected chi connectivity index (χ1v) is 5.34. The fourth-order valence-corrected chi connectivity index (χ4v) is 1.83. The van der Waals surface area contributed by atoms with Crippen LogP contribution in [0, 0.1) is 0 Å². The molecule has 1 aromatic carbocycles. The molecule has 0 saturated carbocycles. The lowest BCUT2D eigenvalue weighted by atomic mass is 10.2. The normalized spacial score (nSPS) is 21.9. The van der Waals surface area contributed by atoms with Gasteiger partial charge in [-0.2, -0.15) is 0 Å². The molecule has 86 valence electrons. The first kappa shape index (κ1) is 11.1. The highest BCUT2D eigenvalue weighted by Gasteiger charge is 2.20. The van der Waals surface area contributed by atoms with Gasteiger partial charge in [-0.15, -0.1) is 0 Å². The molecule has 1 fully saturated rings. The molecule has 0 spiro atoms. The second-order valence-electron chi connectivity index (χ2n) is 3.90. The van der Waals surface area contributed by atoms with E-state index in [1.807, 2.05) is 30.3 Å². The van der Waals surface area contributed by atoms with E-state index in [1.165, 1.54) is 5.56 Å². The summed E-state index contributed by atoms with van der Waals surface area (Å²) in [6.45, 7) is 2.37. The Morgan fingerprint density at radius 3 is 2.88 bits per heavy atom. The predicted octanol–water partition coefficient (Wildman–Crippen LogP) is -0.363. The summed E-state index contributed by atoms with van der Waals surface area (Å²) in [7, 11) is 0. The van der Waals surface area contributed by atoms with Gasteiger partial charge in [0.1, 0.15) is 6.10 Å². The Kier molecular flexibility index (Phi) is 3.54. The maximum atomic E-state index is 10.7. The monoisotopic (exact) mass is 220 g/mol. The lowest BCUT2D eigenvalue weighted by molar-refractivity contribution is -0.319. The van der Waals surface area contributed by atoms with E-state index in [-0.39, 0.29) is 0 Å². The van der Waals surface area contributed by atoms with E-state index >= 15 is 0 Å². The van der Waals surface area contributed by atoms with E-state index in [0.717, 1.165) is 13.1 Å². The van der Waals surface area contributed by atoms with E-state index in [2.05, 4.69) is 4.90 Å². The van der Waals surface area contributed by atoms with Gasteiger partial charge in [-0.1, -0.05) is 30.3 Å². The molecule has 4 heteroatoms. The number of benzene rings is 1. The SMILES string of the molecule is O=C([O-])[C@@H]1CN(Cc2ccccc2)CCO1. The minimum absolute atomic E-state index is 0.400. The van der Waals surface area contributed by atoms with Gasteiger partial charge < -0.3 is 14.6 Å². The summed E-state index contributed by atoms with van der Waals surface area (Å²) in [6, 6.07) is 9.98. The summed E-state index contributed by atoms with van der Waals surface area (Å²) in [6.07, 6.45) is -0.794. The zero-order valence-electron chi connectivity index (χ0n) is 8.96. The van der Waals surface area contributed by atoms with Gasteiger partial charge in [-0.25, -0.2) is 0 Å². The molecule has 0 unspecified atom stereocenters. The van der Waals surface area contributed by atoms with Gasteiger partial charge in [-0.3, -0.25) is 4.90 Å². The molecule has 1 aliphatic rings. The molecule has 0 amide bonds. The van der Waals surface area contributed by atoms with Gasteiger partial charge >= 0.3 is 0 Å². The molecule has 0 N–H and O–H groups in total. The number of carboxylic acid groups (broad SMARTS) is 1. The summed E-state index contributed by atoms with van der Waals surface area (Å²) in [5, 5.41) is 10.7. The smallest absolute Gasteiger partial charge is 0.109 e. The van der Waals surface area contributed by atoms with Crippen molar-refractivity contribution in [3.63, 3.8) is 0 Å². The van der Waals surface area contributed by atoms with Crippen molar-refractivity contribution in [2.45, 2.75) is 12.6 Å². The van der Waals surface area contributed by atoms with Crippen LogP contribution in [0.25, 0.3) is 0 Å². The number of hydrogen-bond donors (Lipinski definition) is 0. The first-order chi connectivity index (χ1) is 7.75. The van der Waals surface area contributed by atoms with E-state index in [4.69, 9.17) is 4.74 Å². The van der Waals surface area contributed by atoms with E-state index in [0.29, 0.717) is 13.2 Å². The Labute approximate surface area is 94.4 Å². The third kappa shape index (κ3) is 2.81. The van der Waals surface area contributed by atoms with Crippen molar-refractivity contribution in [1.82, 2.24) is 4.90 Å². The number of ether oxygens (including phenoxy) is 1. The van der Waals surface area contributed by atoms with Crippen LogP contribution in [0.3, 0.4) is 0 Å². The van der Waals surface area contributed by atoms with Gasteiger partial charge in [0.05, 0.1) is 12.6 Å². The fourth-order valence-electron chi connectivity index (χ4n) is 1.83. The number of rotatable bonds is 3. The fraction of sp³-hybridized carbons (Fsp3) is 0.417. The zero-order chi connectivity index (χ0) is 11.4. The van der Waals surface area contributed by atoms with Crippen LogP contribution in [0.5, 0.6) is 0 Å². The standard InChI is InChI=1S/C12H15NO3/c14-12(15)11-9-13(6-7-16-11)8-10-4-2-1-3-5-10/h1-5,11H,6-9H2,(H,14,15)/p-1/t11-/m0/s1. The number of carbonyl (C=O) groups is 1. The van der Waals surface area contributed by atoms with Crippen LogP contribution in [0.15, 0.2) is 30.3 Å². The number of morpholine rings is 1. The van der Waals surface area contributed by atoms with Gasteiger partial charge in [0, 0.05) is 19.6 Å². The maximum absolute atomic E-state index is 10.7. The van der Waals surface area contributed by atoms with Crippen LogP contribution >= 0.6 is 0 Å². The Balaban J connectivity index is 1.93. The molecular weight excluding hydrogens is 206 g/mol. The van der Waals surface area contributed by atoms with Gasteiger partial charge in [0.2, 0.25) is 0 Å². The summed E-state index contributed by atoms with van der Waals surface area (Å²) in [5.74, 6) is -1.13. The van der Waals surface area contributed by atoms with Crippen molar-refractivity contribution in [2.24, 2.45) is 0 Å². The third-order valence-corrected chi connectivity index (χ3v) is 2.66. The zero-order valence-corrected chi connectivity index (χ0v) is 8.96. The minimum atomic E-state index is -1.13. The Bertz CT molecular complexity index is 353. The summed E-state index contributed by atoms with van der Waals surface area (Å²) < 4.78 is 5.10. The number of carboxylic acids is 1. The van der Waals surface area contributed by atoms with E-state index in [9.17, 15) is 9.90 Å². The molecule has 1 aromatic rings. The lowest BCUT2D eigenvalue weighted by Crippen LogP contribution is -2.50. The molecule has 2 rings (SSSR count). The molecular formula is C12H14NO3-. The Hall–Kier alpha value is -1.39. The average molecular weight is 220 g/mol. The summed E-state index contributed by atoms with van der Waals surface area (Å²) in [5.41, 5.74) is 1.18. The second-order valence-corrected chi connectivity index (χ2v) is 3.90. The maximum Gasteiger partial charge on any atom is 0.109 e. The molecule has 4 nitrogen and oxygen atoms in total. The highest BCUT2D eigenvalue weighted by Crippen LogP contribution is 2.09. The summed E-state index contributed by atoms with van der Waals surface area (Å²) >= 11 is 0. The van der Waals surface area contributed by atoms with Crippen molar-refractivity contribution in [2.75, 3.05) is 19.7 Å². The Morgan fingerprint density at radius 2 is 2.19 bits per heavy atom. The second kappa shape index (κ2) is 5.09. The first-order valence-electron chi connectivity index (χ1n) is 5.34. The third-order valence-electron chi connectivity index (χ3n) is 2.66. The van der Waals surface area contributed by atoms with Gasteiger partial charge in [-0.05, 0) is 5.56 Å². The van der Waals surface area contributed by atoms with Crippen LogP contribution < -0.4 is 5.11 Å². The van der Waals surface area contributed by atoms with Crippen LogP contribution in [0.1, 0.15) is 5.56 Å². The van der Waals surface area contributed by atoms with Gasteiger partial charge in [0.15, 0.2) is 0 Å². The number of carbonyl (C=O) groups excluding carboxylic acids is 1. The molecule has 1 aliphatic heterocycles. The van der Waals surface area contributed by atoms with E-state index in [1.54, 1.807) is 0 Å². The number of hydrogen-bond acceptors (Lipinski definition) is 4. The molecule has 1 heterocycles. The molecule has 0 aliphatic carbocycles. The number of nitrogens with zero attached hydrogens (tertiary/aromatic N) is 1. The van der Waals surface area contributed by atoms with Crippen molar-refractivity contribution in [3.8, 4) is 0 Å². The molecule has 0 bridgehead atoms. The van der Waals surface area contributed by atoms with Crippen molar-refractivity contribution in [3.05, 3.63) is 35.9 Å². The highest BCUT2D eigenvalue weighted by molar-refractivity contribution is 5.70. The van der Waals surface area contributed by atoms with Crippen LogP contribution in [-0.4, -0.2) is 36.7 Å². The Morgan fingerprint density at radius 1 is 1.44 bits per heavy atom. The van der Waals surface area contributed by atoms with E-state index < -0.39 is 12.1 Å². The molecule has 1 saturated heterocycles. The number of aliphatic carboxylic acids is 1. The molecule has 16 heavy (non-hydrogen) atoms. The molecule has 0 radical (unpaired) electrons. The average Bonchev–Trinajstić information content (AvgIpc) is 2.30. The van der Waals surface area contributed by atoms with Gasteiger partial charge in [0.25, 0.3) is 0 Å². The lowest BCUT2D eigenvalue weighted by Gasteiger charge is -2.33. The molecule has 1 atom stereocenters. The van der Waals surface area contributed by atoms with Crippen molar-refractivity contribution >= 4 is 5.97 Å². The predicted molar refractivity (Wildman–Crippen MR) is 56.5 cm³/mol. The highest BCUT2D eigenvalue weighted by atomic mass is 16.5. The van der Waals surface area contributed by atoms with Crippen molar-refractivity contribution < 1.29 is 14.6 Å². The van der Waals surface area contributed by atoms with Crippen LogP contribution in [0.2, 0.25) is 0 Å². The quantitative estimate of drug-likeness (QED) is 0.698. The van der Waals surface area contributed by atoms with Crippen LogP contribution in [0.4, 0.5) is 0 Å². The van der Waals surface area contributed by atoms with Crippen LogP contribution in [-0.2, 0) is 16.1 Å². The summed E-state index contributed by atoms with van der Waals surface area (Å²) in [4.78, 5) is 12.8. The largest absolute Gasteiger partial charge is 0.547 e. The topological polar surface area (TPSA) is 52.6 Å². The minimum Gasteiger partial charge on any atom is -0.547 e.